The van der Waals surface area contributed by atoms with Gasteiger partial charge in [-0.2, -0.15) is 0 Å². The average molecular weight is 317 g/mol. The molecule has 0 saturated carbocycles. The molecule has 0 saturated heterocycles. The number of methoxy groups -OCH3 is 1. The summed E-state index contributed by atoms with van der Waals surface area (Å²) in [6.45, 7) is 0.399. The molecule has 0 spiro atoms. The van der Waals surface area contributed by atoms with Gasteiger partial charge in [-0.3, -0.25) is 9.20 Å². The zero-order chi connectivity index (χ0) is 15.8. The molecule has 2 rings (SSSR count). The molecule has 22 heavy (non-hydrogen) atoms. The van der Waals surface area contributed by atoms with Gasteiger partial charge in [-0.05, 0) is 36.4 Å². The Morgan fingerprint density at radius 1 is 1.18 bits per heavy atom. The van der Waals surface area contributed by atoms with Gasteiger partial charge in [0.2, 0.25) is 0 Å². The van der Waals surface area contributed by atoms with Crippen molar-refractivity contribution in [3.05, 3.63) is 54.6 Å². The van der Waals surface area contributed by atoms with E-state index >= 15 is 0 Å². The van der Waals surface area contributed by atoms with E-state index in [1.807, 2.05) is 54.6 Å². The molecule has 0 aliphatic carbocycles. The topological polar surface area (TPSA) is 76.7 Å². The summed E-state index contributed by atoms with van der Waals surface area (Å²) in [4.78, 5) is 4.99. The van der Waals surface area contributed by atoms with Gasteiger partial charge in [-0.25, -0.2) is 0 Å². The van der Waals surface area contributed by atoms with Crippen LogP contribution in [0.2, 0.25) is 0 Å². The molecule has 0 bridgehead atoms. The predicted molar refractivity (Wildman–Crippen MR) is 90.8 cm³/mol. The van der Waals surface area contributed by atoms with Gasteiger partial charge in [0, 0.05) is 16.3 Å². The number of rotatable bonds is 6. The highest BCUT2D eigenvalue weighted by Crippen LogP contribution is 2.14. The number of hydrogen-bond donors (Lipinski definition) is 2. The van der Waals surface area contributed by atoms with Crippen LogP contribution < -0.4 is 15.8 Å². The van der Waals surface area contributed by atoms with E-state index in [0.717, 1.165) is 16.3 Å². The minimum atomic E-state index is -1.06. The van der Waals surface area contributed by atoms with Gasteiger partial charge in [0.15, 0.2) is 5.96 Å². The number of benzene rings is 2. The van der Waals surface area contributed by atoms with Gasteiger partial charge < -0.3 is 15.8 Å². The molecule has 0 fully saturated rings. The lowest BCUT2D eigenvalue weighted by Crippen LogP contribution is -2.23. The van der Waals surface area contributed by atoms with Gasteiger partial charge in [-0.15, -0.1) is 0 Å². The maximum Gasteiger partial charge on any atom is 0.193 e. The fraction of sp³-hybridized carbons (Fsp3) is 0.188. The number of guanidine groups is 1. The summed E-state index contributed by atoms with van der Waals surface area (Å²) in [5.74, 6) is 1.52. The Bertz CT molecular complexity index is 642. The second kappa shape index (κ2) is 8.19. The van der Waals surface area contributed by atoms with Crippen LogP contribution in [0.3, 0.4) is 0 Å². The van der Waals surface area contributed by atoms with Crippen molar-refractivity contribution in [2.45, 2.75) is 4.90 Å². The SMILES string of the molecule is COc1ccc(NC(N)=NCCS(=O)c2ccccc2)cc1. The van der Waals surface area contributed by atoms with Crippen LogP contribution in [0.5, 0.6) is 5.75 Å². The van der Waals surface area contributed by atoms with E-state index < -0.39 is 10.8 Å². The number of hydrogen-bond acceptors (Lipinski definition) is 3. The normalized spacial score (nSPS) is 12.7. The monoisotopic (exact) mass is 317 g/mol. The first-order valence-electron chi connectivity index (χ1n) is 6.83. The molecule has 0 radical (unpaired) electrons. The molecule has 6 heteroatoms. The van der Waals surface area contributed by atoms with Crippen LogP contribution in [-0.2, 0) is 10.8 Å². The van der Waals surface area contributed by atoms with Gasteiger partial charge in [0.1, 0.15) is 5.75 Å². The van der Waals surface area contributed by atoms with Crippen molar-refractivity contribution in [3.63, 3.8) is 0 Å². The molecule has 2 aromatic rings. The first-order valence-corrected chi connectivity index (χ1v) is 8.15. The van der Waals surface area contributed by atoms with Crippen LogP contribution in [0.1, 0.15) is 0 Å². The fourth-order valence-electron chi connectivity index (χ4n) is 1.80. The van der Waals surface area contributed by atoms with Crippen molar-refractivity contribution < 1.29 is 8.95 Å². The Labute approximate surface area is 132 Å². The zero-order valence-electron chi connectivity index (χ0n) is 12.4. The van der Waals surface area contributed by atoms with Gasteiger partial charge in [-0.1, -0.05) is 18.2 Å². The van der Waals surface area contributed by atoms with Gasteiger partial charge in [0.25, 0.3) is 0 Å². The van der Waals surface area contributed by atoms with E-state index in [9.17, 15) is 4.21 Å². The first-order chi connectivity index (χ1) is 10.7. The summed E-state index contributed by atoms with van der Waals surface area (Å²) in [7, 11) is 0.559. The van der Waals surface area contributed by atoms with E-state index in [2.05, 4.69) is 10.3 Å². The van der Waals surface area contributed by atoms with Crippen molar-refractivity contribution in [3.8, 4) is 5.75 Å². The fourth-order valence-corrected chi connectivity index (χ4v) is 2.75. The Morgan fingerprint density at radius 2 is 1.86 bits per heavy atom. The van der Waals surface area contributed by atoms with E-state index in [1.54, 1.807) is 7.11 Å². The van der Waals surface area contributed by atoms with E-state index in [1.165, 1.54) is 0 Å². The maximum absolute atomic E-state index is 12.0. The van der Waals surface area contributed by atoms with Crippen LogP contribution in [0.25, 0.3) is 0 Å². The molecule has 1 atom stereocenters. The van der Waals surface area contributed by atoms with Crippen molar-refractivity contribution in [1.82, 2.24) is 0 Å². The maximum atomic E-state index is 12.0. The molecular formula is C16H19N3O2S. The van der Waals surface area contributed by atoms with Gasteiger partial charge >= 0.3 is 0 Å². The lowest BCUT2D eigenvalue weighted by Gasteiger charge is -2.06. The number of nitrogens with zero attached hydrogens (tertiary/aromatic N) is 1. The summed E-state index contributed by atoms with van der Waals surface area (Å²) in [6.07, 6.45) is 0. The van der Waals surface area contributed by atoms with Crippen molar-refractivity contribution in [1.29, 1.82) is 0 Å². The number of aliphatic imine (C=N–C) groups is 1. The second-order valence-corrected chi connectivity index (χ2v) is 6.05. The predicted octanol–water partition coefficient (Wildman–Crippen LogP) is 2.23. The summed E-state index contributed by atoms with van der Waals surface area (Å²) >= 11 is 0. The third-order valence-corrected chi connectivity index (χ3v) is 4.28. The summed E-state index contributed by atoms with van der Waals surface area (Å²) < 4.78 is 17.1. The molecule has 2 aromatic carbocycles. The van der Waals surface area contributed by atoms with Crippen molar-refractivity contribution in [2.24, 2.45) is 10.7 Å². The summed E-state index contributed by atoms with van der Waals surface area (Å²) in [6, 6.07) is 16.7. The summed E-state index contributed by atoms with van der Waals surface area (Å²) in [5, 5.41) is 2.98. The number of anilines is 1. The molecule has 0 amide bonds. The Balaban J connectivity index is 1.83. The van der Waals surface area contributed by atoms with E-state index in [0.29, 0.717) is 18.3 Å². The molecule has 0 aliphatic heterocycles. The Morgan fingerprint density at radius 3 is 2.50 bits per heavy atom. The highest BCUT2D eigenvalue weighted by atomic mass is 32.2. The van der Waals surface area contributed by atoms with E-state index in [-0.39, 0.29) is 0 Å². The lowest BCUT2D eigenvalue weighted by molar-refractivity contribution is 0.415. The highest BCUT2D eigenvalue weighted by molar-refractivity contribution is 7.85. The Kier molecular flexibility index (Phi) is 5.97. The average Bonchev–Trinajstić information content (AvgIpc) is 2.56. The Hall–Kier alpha value is -2.34. The smallest absolute Gasteiger partial charge is 0.193 e. The van der Waals surface area contributed by atoms with Crippen LogP contribution in [-0.4, -0.2) is 29.6 Å². The molecule has 1 unspecified atom stereocenters. The highest BCUT2D eigenvalue weighted by Gasteiger charge is 2.02. The van der Waals surface area contributed by atoms with Crippen LogP contribution >= 0.6 is 0 Å². The second-order valence-electron chi connectivity index (χ2n) is 4.48. The minimum absolute atomic E-state index is 0.301. The minimum Gasteiger partial charge on any atom is -0.497 e. The zero-order valence-corrected chi connectivity index (χ0v) is 13.2. The molecular weight excluding hydrogens is 298 g/mol. The standard InChI is InChI=1S/C16H19N3O2S/c1-21-14-9-7-13(8-10-14)19-16(17)18-11-12-22(20)15-5-3-2-4-6-15/h2-10H,11-12H2,1H3,(H3,17,18,19). The molecule has 0 aliphatic rings. The molecule has 3 N–H and O–H groups in total. The van der Waals surface area contributed by atoms with Gasteiger partial charge in [0.05, 0.1) is 24.5 Å². The number of nitrogens with two attached hydrogens (primary N) is 1. The lowest BCUT2D eigenvalue weighted by atomic mass is 10.3. The molecule has 5 nitrogen and oxygen atoms in total. The summed E-state index contributed by atoms with van der Waals surface area (Å²) in [5.41, 5.74) is 6.64. The van der Waals surface area contributed by atoms with Crippen LogP contribution in [0.15, 0.2) is 64.5 Å². The largest absolute Gasteiger partial charge is 0.497 e. The van der Waals surface area contributed by atoms with Crippen molar-refractivity contribution >= 4 is 22.4 Å². The van der Waals surface area contributed by atoms with E-state index in [4.69, 9.17) is 10.5 Å². The molecule has 0 aromatic heterocycles. The first kappa shape index (κ1) is 16.0. The van der Waals surface area contributed by atoms with Crippen molar-refractivity contribution in [2.75, 3.05) is 24.7 Å². The quantitative estimate of drug-likeness (QED) is 0.633. The van der Waals surface area contributed by atoms with Crippen LogP contribution in [0.4, 0.5) is 5.69 Å². The number of ether oxygens (including phenoxy) is 1. The molecule has 116 valence electrons. The third kappa shape index (κ3) is 4.89. The number of nitrogens with one attached hydrogen (secondary N) is 1. The third-order valence-electron chi connectivity index (χ3n) is 2.93. The molecule has 0 heterocycles. The van der Waals surface area contributed by atoms with Crippen LogP contribution in [0, 0.1) is 0 Å².